The number of anilines is 1. The molecule has 1 heterocycles. The number of benzene rings is 2. The first-order valence-corrected chi connectivity index (χ1v) is 9.93. The number of halogens is 1. The van der Waals surface area contributed by atoms with Crippen molar-refractivity contribution in [3.8, 4) is 17.0 Å². The number of nitrogens with one attached hydrogen (secondary N) is 1. The van der Waals surface area contributed by atoms with Gasteiger partial charge in [-0.3, -0.25) is 10.1 Å². The van der Waals surface area contributed by atoms with Gasteiger partial charge in [-0.25, -0.2) is 4.98 Å². The summed E-state index contributed by atoms with van der Waals surface area (Å²) in [5.41, 5.74) is 2.47. The van der Waals surface area contributed by atoms with Crippen LogP contribution in [-0.2, 0) is 6.42 Å². The summed E-state index contributed by atoms with van der Waals surface area (Å²) in [6.45, 7) is 2.14. The molecule has 0 saturated heterocycles. The fraction of sp³-hybridized carbons (Fsp3) is 0.200. The minimum atomic E-state index is -0.221. The van der Waals surface area contributed by atoms with Gasteiger partial charge in [0.1, 0.15) is 5.75 Å². The number of methoxy groups -OCH3 is 1. The van der Waals surface area contributed by atoms with Crippen LogP contribution in [0.2, 0.25) is 0 Å². The van der Waals surface area contributed by atoms with E-state index in [4.69, 9.17) is 4.74 Å². The van der Waals surface area contributed by atoms with Crippen LogP contribution in [0.4, 0.5) is 5.13 Å². The Kier molecular flexibility index (Phi) is 6.06. The van der Waals surface area contributed by atoms with Crippen LogP contribution in [0.15, 0.2) is 53.0 Å². The zero-order chi connectivity index (χ0) is 18.5. The summed E-state index contributed by atoms with van der Waals surface area (Å²) in [4.78, 5) is 18.5. The second-order valence-corrected chi connectivity index (χ2v) is 7.70. The average molecular weight is 431 g/mol. The number of nitrogens with zero attached hydrogens (tertiary/aromatic N) is 1. The highest BCUT2D eigenvalue weighted by Gasteiger charge is 2.17. The van der Waals surface area contributed by atoms with E-state index in [9.17, 15) is 4.79 Å². The van der Waals surface area contributed by atoms with Gasteiger partial charge in [-0.2, -0.15) is 0 Å². The lowest BCUT2D eigenvalue weighted by Gasteiger charge is -2.07. The van der Waals surface area contributed by atoms with E-state index in [1.165, 1.54) is 16.2 Å². The van der Waals surface area contributed by atoms with Crippen LogP contribution in [0.25, 0.3) is 11.3 Å². The molecule has 0 spiro atoms. The van der Waals surface area contributed by atoms with Crippen LogP contribution in [0, 0.1) is 0 Å². The third kappa shape index (κ3) is 4.14. The summed E-state index contributed by atoms with van der Waals surface area (Å²) in [5.74, 6) is 0.324. The lowest BCUT2D eigenvalue weighted by molar-refractivity contribution is 0.102. The largest absolute Gasteiger partial charge is 0.496 e. The molecule has 0 bridgehead atoms. The smallest absolute Gasteiger partial charge is 0.261 e. The maximum Gasteiger partial charge on any atom is 0.261 e. The maximum absolute atomic E-state index is 12.6. The number of carbonyl (C=O) groups excluding carboxylic acids is 1. The van der Waals surface area contributed by atoms with Gasteiger partial charge in [0.2, 0.25) is 0 Å². The molecule has 1 N–H and O–H groups in total. The molecular formula is C20H19BrN2O2S. The lowest BCUT2D eigenvalue weighted by Crippen LogP contribution is -2.12. The lowest BCUT2D eigenvalue weighted by atomic mass is 10.1. The van der Waals surface area contributed by atoms with Gasteiger partial charge in [0.25, 0.3) is 5.91 Å². The number of thiazole rings is 1. The van der Waals surface area contributed by atoms with E-state index in [-0.39, 0.29) is 5.91 Å². The molecule has 0 aliphatic heterocycles. The molecule has 0 saturated carbocycles. The van der Waals surface area contributed by atoms with Gasteiger partial charge in [0.05, 0.1) is 18.4 Å². The molecule has 1 amide bonds. The van der Waals surface area contributed by atoms with Crippen molar-refractivity contribution in [2.24, 2.45) is 0 Å². The third-order valence-corrected chi connectivity index (χ3v) is 5.42. The molecule has 3 rings (SSSR count). The van der Waals surface area contributed by atoms with Crippen molar-refractivity contribution in [1.82, 2.24) is 4.98 Å². The SMILES string of the molecule is CCCc1sc(NC(=O)c2ccccc2OC)nc1-c1ccc(Br)cc1. The van der Waals surface area contributed by atoms with E-state index in [0.29, 0.717) is 16.4 Å². The number of para-hydroxylation sites is 1. The highest BCUT2D eigenvalue weighted by Crippen LogP contribution is 2.33. The first-order chi connectivity index (χ1) is 12.6. The molecule has 4 nitrogen and oxygen atoms in total. The van der Waals surface area contributed by atoms with Crippen LogP contribution in [-0.4, -0.2) is 18.0 Å². The summed E-state index contributed by atoms with van der Waals surface area (Å²) in [7, 11) is 1.56. The molecule has 0 fully saturated rings. The van der Waals surface area contributed by atoms with Gasteiger partial charge in [0, 0.05) is 14.9 Å². The van der Waals surface area contributed by atoms with Crippen molar-refractivity contribution in [1.29, 1.82) is 0 Å². The van der Waals surface area contributed by atoms with Gasteiger partial charge in [-0.15, -0.1) is 11.3 Å². The summed E-state index contributed by atoms with van der Waals surface area (Å²) < 4.78 is 6.30. The standard InChI is InChI=1S/C20H19BrN2O2S/c1-3-6-17-18(13-9-11-14(21)12-10-13)22-20(26-17)23-19(24)15-7-4-5-8-16(15)25-2/h4-5,7-12H,3,6H2,1-2H3,(H,22,23,24). The van der Waals surface area contributed by atoms with Crippen molar-refractivity contribution in [2.75, 3.05) is 12.4 Å². The van der Waals surface area contributed by atoms with E-state index in [1.54, 1.807) is 19.2 Å². The molecule has 134 valence electrons. The topological polar surface area (TPSA) is 51.2 Å². The molecule has 26 heavy (non-hydrogen) atoms. The molecule has 6 heteroatoms. The zero-order valence-electron chi connectivity index (χ0n) is 14.6. The molecular weight excluding hydrogens is 412 g/mol. The third-order valence-electron chi connectivity index (χ3n) is 3.86. The van der Waals surface area contributed by atoms with Gasteiger partial charge in [-0.05, 0) is 30.7 Å². The molecule has 3 aromatic rings. The van der Waals surface area contributed by atoms with Gasteiger partial charge >= 0.3 is 0 Å². The normalized spacial score (nSPS) is 10.6. The van der Waals surface area contributed by atoms with Crippen molar-refractivity contribution in [2.45, 2.75) is 19.8 Å². The highest BCUT2D eigenvalue weighted by atomic mass is 79.9. The molecule has 0 radical (unpaired) electrons. The van der Waals surface area contributed by atoms with Gasteiger partial charge < -0.3 is 4.74 Å². The molecule has 0 unspecified atom stereocenters. The first-order valence-electron chi connectivity index (χ1n) is 8.32. The molecule has 0 aliphatic rings. The number of rotatable bonds is 6. The summed E-state index contributed by atoms with van der Waals surface area (Å²) in [6.07, 6.45) is 1.94. The molecule has 2 aromatic carbocycles. The second kappa shape index (κ2) is 8.47. The first kappa shape index (κ1) is 18.6. The Bertz CT molecular complexity index is 906. The van der Waals surface area contributed by atoms with E-state index in [2.05, 4.69) is 33.2 Å². The highest BCUT2D eigenvalue weighted by molar-refractivity contribution is 9.10. The quantitative estimate of drug-likeness (QED) is 0.538. The Morgan fingerprint density at radius 1 is 1.19 bits per heavy atom. The predicted molar refractivity (Wildman–Crippen MR) is 110 cm³/mol. The van der Waals surface area contributed by atoms with Crippen molar-refractivity contribution in [3.63, 3.8) is 0 Å². The second-order valence-electron chi connectivity index (χ2n) is 5.70. The molecule has 1 aromatic heterocycles. The van der Waals surface area contributed by atoms with E-state index < -0.39 is 0 Å². The Balaban J connectivity index is 1.90. The van der Waals surface area contributed by atoms with E-state index in [0.717, 1.165) is 28.6 Å². The Morgan fingerprint density at radius 2 is 1.92 bits per heavy atom. The summed E-state index contributed by atoms with van der Waals surface area (Å²) >= 11 is 4.98. The number of aryl methyl sites for hydroxylation is 1. The number of aromatic nitrogens is 1. The number of carbonyl (C=O) groups is 1. The fourth-order valence-corrected chi connectivity index (χ4v) is 3.98. The van der Waals surface area contributed by atoms with Crippen LogP contribution in [0.1, 0.15) is 28.6 Å². The fourth-order valence-electron chi connectivity index (χ4n) is 2.63. The van der Waals surface area contributed by atoms with Crippen LogP contribution in [0.3, 0.4) is 0 Å². The van der Waals surface area contributed by atoms with Crippen LogP contribution >= 0.6 is 27.3 Å². The van der Waals surface area contributed by atoms with E-state index >= 15 is 0 Å². The monoisotopic (exact) mass is 430 g/mol. The predicted octanol–water partition coefficient (Wildman–Crippen LogP) is 5.79. The Labute approximate surface area is 165 Å². The number of ether oxygens (including phenoxy) is 1. The van der Waals surface area contributed by atoms with Crippen molar-refractivity contribution < 1.29 is 9.53 Å². The minimum Gasteiger partial charge on any atom is -0.496 e. The van der Waals surface area contributed by atoms with Crippen molar-refractivity contribution >= 4 is 38.3 Å². The minimum absolute atomic E-state index is 0.221. The van der Waals surface area contributed by atoms with E-state index in [1.807, 2.05) is 36.4 Å². The number of hydrogen-bond acceptors (Lipinski definition) is 4. The van der Waals surface area contributed by atoms with Gasteiger partial charge in [0.15, 0.2) is 5.13 Å². The zero-order valence-corrected chi connectivity index (χ0v) is 17.0. The number of hydrogen-bond donors (Lipinski definition) is 1. The van der Waals surface area contributed by atoms with Crippen LogP contribution in [0.5, 0.6) is 5.75 Å². The average Bonchev–Trinajstić information content (AvgIpc) is 3.05. The Hall–Kier alpha value is -2.18. The number of amides is 1. The van der Waals surface area contributed by atoms with Crippen LogP contribution < -0.4 is 10.1 Å². The Morgan fingerprint density at radius 3 is 2.62 bits per heavy atom. The molecule has 0 atom stereocenters. The summed E-state index contributed by atoms with van der Waals surface area (Å²) in [6, 6.07) is 15.2. The molecule has 0 aliphatic carbocycles. The maximum atomic E-state index is 12.6. The van der Waals surface area contributed by atoms with Crippen molar-refractivity contribution in [3.05, 3.63) is 63.4 Å². The summed E-state index contributed by atoms with van der Waals surface area (Å²) in [5, 5.41) is 3.51. The van der Waals surface area contributed by atoms with Gasteiger partial charge in [-0.1, -0.05) is 53.5 Å².